The third-order valence-electron chi connectivity index (χ3n) is 3.08. The molecule has 0 aliphatic rings. The fourth-order valence-electron chi connectivity index (χ4n) is 1.88. The van der Waals surface area contributed by atoms with Crippen molar-refractivity contribution in [3.8, 4) is 11.5 Å². The highest BCUT2D eigenvalue weighted by Gasteiger charge is 2.19. The molecule has 1 atom stereocenters. The van der Waals surface area contributed by atoms with Crippen LogP contribution >= 0.6 is 0 Å². The smallest absolute Gasteiger partial charge is 0.410 e. The predicted octanol–water partition coefficient (Wildman–Crippen LogP) is 2.62. The van der Waals surface area contributed by atoms with E-state index in [1.807, 2.05) is 27.7 Å². The molecule has 0 aromatic heterocycles. The molecular weight excluding hydrogens is 284 g/mol. The Kier molecular flexibility index (Phi) is 6.05. The summed E-state index contributed by atoms with van der Waals surface area (Å²) in [7, 11) is 1.67. The molecule has 0 spiro atoms. The molecule has 0 bridgehead atoms. The summed E-state index contributed by atoms with van der Waals surface area (Å²) in [6.45, 7) is 8.35. The zero-order chi connectivity index (χ0) is 16.9. The maximum Gasteiger partial charge on any atom is 0.410 e. The summed E-state index contributed by atoms with van der Waals surface area (Å²) in [6.07, 6.45) is -0.373. The minimum absolute atomic E-state index is 0.104. The maximum atomic E-state index is 11.8. The van der Waals surface area contributed by atoms with Crippen molar-refractivity contribution >= 4 is 6.09 Å². The van der Waals surface area contributed by atoms with Crippen molar-refractivity contribution in [1.82, 2.24) is 10.2 Å². The van der Waals surface area contributed by atoms with Crippen LogP contribution in [0.1, 0.15) is 39.3 Å². The molecular formula is C16H26N2O4. The van der Waals surface area contributed by atoms with Gasteiger partial charge in [0.25, 0.3) is 0 Å². The summed E-state index contributed by atoms with van der Waals surface area (Å²) in [5, 5.41) is 22.5. The molecule has 0 heterocycles. The molecule has 0 saturated heterocycles. The number of aromatic hydroxyl groups is 2. The molecule has 0 aliphatic carbocycles. The van der Waals surface area contributed by atoms with Crippen molar-refractivity contribution in [3.05, 3.63) is 23.8 Å². The molecule has 1 amide bonds. The van der Waals surface area contributed by atoms with Crippen molar-refractivity contribution < 1.29 is 19.7 Å². The average molecular weight is 310 g/mol. The summed E-state index contributed by atoms with van der Waals surface area (Å²) in [4.78, 5) is 13.3. The molecule has 0 fully saturated rings. The number of ether oxygens (including phenoxy) is 1. The van der Waals surface area contributed by atoms with Gasteiger partial charge >= 0.3 is 6.09 Å². The molecule has 1 aromatic carbocycles. The van der Waals surface area contributed by atoms with E-state index in [1.54, 1.807) is 7.05 Å². The van der Waals surface area contributed by atoms with Gasteiger partial charge in [0.05, 0.1) is 0 Å². The van der Waals surface area contributed by atoms with Crippen LogP contribution < -0.4 is 5.32 Å². The van der Waals surface area contributed by atoms with Crippen molar-refractivity contribution in [2.75, 3.05) is 20.1 Å². The van der Waals surface area contributed by atoms with Crippen LogP contribution in [0.2, 0.25) is 0 Å². The standard InChI is InChI=1S/C16H26N2O4/c1-11(13-10-12(19)6-7-14(13)20)17-8-9-18(5)15(21)22-16(2,3)4/h6-7,10-11,17,19-20H,8-9H2,1-5H3. The molecule has 0 saturated carbocycles. The fourth-order valence-corrected chi connectivity index (χ4v) is 1.88. The number of likely N-dealkylation sites (N-methyl/N-ethyl adjacent to an activating group) is 1. The summed E-state index contributed by atoms with van der Waals surface area (Å²) < 4.78 is 5.26. The lowest BCUT2D eigenvalue weighted by molar-refractivity contribution is 0.0299. The highest BCUT2D eigenvalue weighted by Crippen LogP contribution is 2.27. The van der Waals surface area contributed by atoms with Crippen LogP contribution in [0.4, 0.5) is 4.79 Å². The van der Waals surface area contributed by atoms with E-state index < -0.39 is 5.60 Å². The third kappa shape index (κ3) is 5.81. The number of benzene rings is 1. The highest BCUT2D eigenvalue weighted by molar-refractivity contribution is 5.67. The first-order valence-corrected chi connectivity index (χ1v) is 7.29. The Hall–Kier alpha value is -1.95. The first-order chi connectivity index (χ1) is 10.1. The first kappa shape index (κ1) is 18.1. The molecule has 124 valence electrons. The number of amides is 1. The molecule has 22 heavy (non-hydrogen) atoms. The molecule has 6 nitrogen and oxygen atoms in total. The summed E-state index contributed by atoms with van der Waals surface area (Å²) in [5.41, 5.74) is 0.0966. The Morgan fingerprint density at radius 1 is 1.36 bits per heavy atom. The van der Waals surface area contributed by atoms with Gasteiger partial charge in [0, 0.05) is 31.7 Å². The highest BCUT2D eigenvalue weighted by atomic mass is 16.6. The Morgan fingerprint density at radius 3 is 2.59 bits per heavy atom. The van der Waals surface area contributed by atoms with Gasteiger partial charge in [-0.2, -0.15) is 0 Å². The molecule has 1 rings (SSSR count). The number of nitrogens with zero attached hydrogens (tertiary/aromatic N) is 1. The lowest BCUT2D eigenvalue weighted by Gasteiger charge is -2.25. The Balaban J connectivity index is 2.46. The topological polar surface area (TPSA) is 82.0 Å². The first-order valence-electron chi connectivity index (χ1n) is 7.29. The summed E-state index contributed by atoms with van der Waals surface area (Å²) in [6, 6.07) is 4.25. The molecule has 0 radical (unpaired) electrons. The average Bonchev–Trinajstić information content (AvgIpc) is 2.39. The number of carbonyl (C=O) groups excluding carboxylic acids is 1. The second kappa shape index (κ2) is 7.35. The number of rotatable bonds is 5. The monoisotopic (exact) mass is 310 g/mol. The Morgan fingerprint density at radius 2 is 2.00 bits per heavy atom. The number of nitrogens with one attached hydrogen (secondary N) is 1. The van der Waals surface area contributed by atoms with E-state index in [9.17, 15) is 15.0 Å². The van der Waals surface area contributed by atoms with Crippen molar-refractivity contribution in [1.29, 1.82) is 0 Å². The zero-order valence-electron chi connectivity index (χ0n) is 13.9. The van der Waals surface area contributed by atoms with Crippen LogP contribution in [0.5, 0.6) is 11.5 Å². The van der Waals surface area contributed by atoms with Gasteiger partial charge in [-0.25, -0.2) is 4.79 Å². The van der Waals surface area contributed by atoms with Crippen molar-refractivity contribution in [2.45, 2.75) is 39.3 Å². The van der Waals surface area contributed by atoms with Crippen LogP contribution in [0.25, 0.3) is 0 Å². The lowest BCUT2D eigenvalue weighted by Crippen LogP contribution is -2.38. The molecule has 1 aromatic rings. The van der Waals surface area contributed by atoms with Gasteiger partial charge in [-0.15, -0.1) is 0 Å². The SMILES string of the molecule is CC(NCCN(C)C(=O)OC(C)(C)C)c1cc(O)ccc1O. The molecule has 0 aliphatic heterocycles. The van der Waals surface area contributed by atoms with Gasteiger partial charge in [0.15, 0.2) is 0 Å². The minimum Gasteiger partial charge on any atom is -0.508 e. The second-order valence-corrected chi connectivity index (χ2v) is 6.32. The van der Waals surface area contributed by atoms with Gasteiger partial charge in [-0.3, -0.25) is 0 Å². The van der Waals surface area contributed by atoms with E-state index in [0.29, 0.717) is 18.7 Å². The normalized spacial score (nSPS) is 12.8. The van der Waals surface area contributed by atoms with Crippen LogP contribution in [0.15, 0.2) is 18.2 Å². The number of phenolic OH excluding ortho intramolecular Hbond substituents is 2. The lowest BCUT2D eigenvalue weighted by atomic mass is 10.1. The number of hydrogen-bond donors (Lipinski definition) is 3. The van der Waals surface area contributed by atoms with E-state index in [2.05, 4.69) is 5.32 Å². The quantitative estimate of drug-likeness (QED) is 0.728. The summed E-state index contributed by atoms with van der Waals surface area (Å²) >= 11 is 0. The van der Waals surface area contributed by atoms with E-state index in [4.69, 9.17) is 4.74 Å². The van der Waals surface area contributed by atoms with Gasteiger partial charge in [0.1, 0.15) is 17.1 Å². The van der Waals surface area contributed by atoms with Crippen molar-refractivity contribution in [2.24, 2.45) is 0 Å². The largest absolute Gasteiger partial charge is 0.508 e. The van der Waals surface area contributed by atoms with Crippen LogP contribution in [-0.4, -0.2) is 46.9 Å². The van der Waals surface area contributed by atoms with Gasteiger partial charge in [0.2, 0.25) is 0 Å². The second-order valence-electron chi connectivity index (χ2n) is 6.32. The zero-order valence-corrected chi connectivity index (χ0v) is 13.9. The third-order valence-corrected chi connectivity index (χ3v) is 3.08. The predicted molar refractivity (Wildman–Crippen MR) is 85.1 cm³/mol. The van der Waals surface area contributed by atoms with E-state index in [0.717, 1.165) is 0 Å². The fraction of sp³-hybridized carbons (Fsp3) is 0.562. The minimum atomic E-state index is -0.514. The molecule has 1 unspecified atom stereocenters. The van der Waals surface area contributed by atoms with Crippen LogP contribution in [0.3, 0.4) is 0 Å². The van der Waals surface area contributed by atoms with Gasteiger partial charge in [-0.05, 0) is 45.9 Å². The van der Waals surface area contributed by atoms with Gasteiger partial charge < -0.3 is 25.2 Å². The number of hydrogen-bond acceptors (Lipinski definition) is 5. The van der Waals surface area contributed by atoms with Crippen molar-refractivity contribution in [3.63, 3.8) is 0 Å². The number of carbonyl (C=O) groups is 1. The summed E-state index contributed by atoms with van der Waals surface area (Å²) in [5.74, 6) is 0.227. The van der Waals surface area contributed by atoms with Crippen LogP contribution in [0, 0.1) is 0 Å². The Labute approximate surface area is 131 Å². The number of phenols is 2. The van der Waals surface area contributed by atoms with Crippen LogP contribution in [-0.2, 0) is 4.74 Å². The van der Waals surface area contributed by atoms with E-state index in [1.165, 1.54) is 23.1 Å². The maximum absolute atomic E-state index is 11.8. The van der Waals surface area contributed by atoms with Gasteiger partial charge in [-0.1, -0.05) is 0 Å². The van der Waals surface area contributed by atoms with E-state index >= 15 is 0 Å². The Bertz CT molecular complexity index is 511. The molecule has 3 N–H and O–H groups in total. The van der Waals surface area contributed by atoms with E-state index in [-0.39, 0.29) is 23.6 Å². The molecule has 6 heteroatoms.